The number of non-ortho nitro benzene ring substituents is 1. The van der Waals surface area contributed by atoms with E-state index in [2.05, 4.69) is 15.6 Å². The monoisotopic (exact) mass is 400 g/mol. The third-order valence-corrected chi connectivity index (χ3v) is 4.49. The molecule has 12 heteroatoms. The predicted molar refractivity (Wildman–Crippen MR) is 100 cm³/mol. The Bertz CT molecular complexity index is 1060. The van der Waals surface area contributed by atoms with Crippen LogP contribution in [0.5, 0.6) is 0 Å². The van der Waals surface area contributed by atoms with Crippen molar-refractivity contribution in [1.29, 1.82) is 0 Å². The molecular weight excluding hydrogens is 388 g/mol. The molecule has 0 bridgehead atoms. The van der Waals surface area contributed by atoms with Crippen LogP contribution in [0.1, 0.15) is 20.9 Å². The first-order valence-corrected chi connectivity index (χ1v) is 8.58. The zero-order valence-corrected chi connectivity index (χ0v) is 14.9. The number of aromatic nitrogens is 2. The zero-order valence-electron chi connectivity index (χ0n) is 14.1. The smallest absolute Gasteiger partial charge is 0.268 e. The second kappa shape index (κ2) is 8.18. The number of nitro groups is 2. The van der Waals surface area contributed by atoms with Crippen molar-refractivity contribution in [3.63, 3.8) is 0 Å². The van der Waals surface area contributed by atoms with E-state index in [0.29, 0.717) is 11.4 Å². The largest absolute Gasteiger partial charge is 0.324 e. The average molecular weight is 400 g/mol. The van der Waals surface area contributed by atoms with Gasteiger partial charge in [-0.25, -0.2) is 5.43 Å². The molecule has 3 rings (SSSR count). The van der Waals surface area contributed by atoms with E-state index in [-0.39, 0.29) is 16.4 Å². The van der Waals surface area contributed by atoms with Gasteiger partial charge in [-0.3, -0.25) is 29.7 Å². The molecule has 1 aromatic carbocycles. The van der Waals surface area contributed by atoms with Gasteiger partial charge in [0.1, 0.15) is 0 Å². The first-order chi connectivity index (χ1) is 13.4. The van der Waals surface area contributed by atoms with Gasteiger partial charge >= 0.3 is 5.00 Å². The second-order valence-corrected chi connectivity index (χ2v) is 6.55. The standard InChI is InChI=1S/C16H12N6O5S/c23-16(18-17-9-13-5-6-15(28-13)22(26)27)14-7-8-20(19-14)10-11-1-3-12(4-2-11)21(24)25/h1-9H,10H2,(H,18,23)/b17-9-. The summed E-state index contributed by atoms with van der Waals surface area (Å²) >= 11 is 0.935. The summed E-state index contributed by atoms with van der Waals surface area (Å²) in [6.07, 6.45) is 2.91. The van der Waals surface area contributed by atoms with Crippen LogP contribution in [-0.2, 0) is 6.54 Å². The van der Waals surface area contributed by atoms with Crippen molar-refractivity contribution in [3.05, 3.63) is 85.0 Å². The summed E-state index contributed by atoms with van der Waals surface area (Å²) in [6, 6.07) is 10.4. The van der Waals surface area contributed by atoms with Crippen molar-refractivity contribution >= 4 is 34.1 Å². The van der Waals surface area contributed by atoms with Crippen LogP contribution in [0.25, 0.3) is 0 Å². The van der Waals surface area contributed by atoms with E-state index in [4.69, 9.17) is 0 Å². The second-order valence-electron chi connectivity index (χ2n) is 5.45. The Hall–Kier alpha value is -3.93. The van der Waals surface area contributed by atoms with Gasteiger partial charge in [0.2, 0.25) is 0 Å². The molecule has 0 aliphatic rings. The molecule has 11 nitrogen and oxygen atoms in total. The molecule has 1 amide bonds. The fraction of sp³-hybridized carbons (Fsp3) is 0.0625. The molecule has 0 aliphatic carbocycles. The maximum absolute atomic E-state index is 12.1. The number of hydrogen-bond donors (Lipinski definition) is 1. The molecule has 0 fully saturated rings. The fourth-order valence-electron chi connectivity index (χ4n) is 2.20. The van der Waals surface area contributed by atoms with Gasteiger partial charge in [-0.1, -0.05) is 23.5 Å². The summed E-state index contributed by atoms with van der Waals surface area (Å²) in [4.78, 5) is 32.9. The Labute approximate surface area is 161 Å². The Kier molecular flexibility index (Phi) is 5.50. The van der Waals surface area contributed by atoms with E-state index in [1.807, 2.05) is 0 Å². The van der Waals surface area contributed by atoms with E-state index in [9.17, 15) is 25.0 Å². The minimum atomic E-state index is -0.537. The van der Waals surface area contributed by atoms with Crippen molar-refractivity contribution in [2.75, 3.05) is 0 Å². The summed E-state index contributed by atoms with van der Waals surface area (Å²) < 4.78 is 1.52. The molecule has 0 unspecified atom stereocenters. The highest BCUT2D eigenvalue weighted by Crippen LogP contribution is 2.22. The van der Waals surface area contributed by atoms with Crippen LogP contribution in [0.15, 0.2) is 53.8 Å². The summed E-state index contributed by atoms with van der Waals surface area (Å²) in [6.45, 7) is 0.341. The van der Waals surface area contributed by atoms with Crippen LogP contribution in [-0.4, -0.2) is 31.7 Å². The van der Waals surface area contributed by atoms with Crippen molar-refractivity contribution in [2.45, 2.75) is 6.54 Å². The maximum atomic E-state index is 12.1. The number of amides is 1. The number of benzene rings is 1. The van der Waals surface area contributed by atoms with Crippen LogP contribution in [0.2, 0.25) is 0 Å². The average Bonchev–Trinajstić information content (AvgIpc) is 3.32. The van der Waals surface area contributed by atoms with E-state index < -0.39 is 15.8 Å². The first-order valence-electron chi connectivity index (χ1n) is 7.77. The fourth-order valence-corrected chi connectivity index (χ4v) is 2.90. The third kappa shape index (κ3) is 4.62. The quantitative estimate of drug-likeness (QED) is 0.366. The summed E-state index contributed by atoms with van der Waals surface area (Å²) in [5.74, 6) is -0.537. The molecule has 1 N–H and O–H groups in total. The Balaban J connectivity index is 1.58. The molecule has 0 spiro atoms. The topological polar surface area (TPSA) is 146 Å². The normalized spacial score (nSPS) is 10.9. The molecule has 0 aliphatic heterocycles. The van der Waals surface area contributed by atoms with Gasteiger partial charge in [0.15, 0.2) is 5.69 Å². The molecule has 142 valence electrons. The van der Waals surface area contributed by atoms with Gasteiger partial charge in [-0.05, 0) is 17.7 Å². The highest BCUT2D eigenvalue weighted by Gasteiger charge is 2.11. The van der Waals surface area contributed by atoms with Crippen molar-refractivity contribution < 1.29 is 14.6 Å². The lowest BCUT2D eigenvalue weighted by molar-refractivity contribution is -0.384. The summed E-state index contributed by atoms with van der Waals surface area (Å²) in [7, 11) is 0. The summed E-state index contributed by atoms with van der Waals surface area (Å²) in [5, 5.41) is 29.2. The lowest BCUT2D eigenvalue weighted by atomic mass is 10.2. The number of hydrazone groups is 1. The van der Waals surface area contributed by atoms with Gasteiger partial charge < -0.3 is 0 Å². The van der Waals surface area contributed by atoms with Crippen molar-refractivity contribution in [2.24, 2.45) is 5.10 Å². The first kappa shape index (κ1) is 18.8. The molecule has 2 aromatic heterocycles. The molecule has 2 heterocycles. The number of nitro benzene ring substituents is 1. The third-order valence-electron chi connectivity index (χ3n) is 3.52. The van der Waals surface area contributed by atoms with Gasteiger partial charge in [0, 0.05) is 24.4 Å². The Morgan fingerprint density at radius 2 is 1.89 bits per heavy atom. The summed E-state index contributed by atoms with van der Waals surface area (Å²) in [5.41, 5.74) is 3.22. The lowest BCUT2D eigenvalue weighted by Gasteiger charge is -2.01. The van der Waals surface area contributed by atoms with Gasteiger partial charge in [0.25, 0.3) is 11.6 Å². The zero-order chi connectivity index (χ0) is 20.1. The van der Waals surface area contributed by atoms with Gasteiger partial charge in [-0.15, -0.1) is 0 Å². The molecule has 0 saturated heterocycles. The molecular formula is C16H12N6O5S. The van der Waals surface area contributed by atoms with E-state index in [1.54, 1.807) is 18.3 Å². The number of nitrogens with zero attached hydrogens (tertiary/aromatic N) is 5. The minimum Gasteiger partial charge on any atom is -0.268 e. The predicted octanol–water partition coefficient (Wildman–Crippen LogP) is 2.57. The van der Waals surface area contributed by atoms with Crippen LogP contribution in [0.4, 0.5) is 10.7 Å². The van der Waals surface area contributed by atoms with Crippen molar-refractivity contribution in [1.82, 2.24) is 15.2 Å². The van der Waals surface area contributed by atoms with Gasteiger partial charge in [0.05, 0.1) is 27.5 Å². The van der Waals surface area contributed by atoms with Crippen LogP contribution < -0.4 is 5.43 Å². The van der Waals surface area contributed by atoms with Crippen LogP contribution in [0.3, 0.4) is 0 Å². The van der Waals surface area contributed by atoms with Crippen LogP contribution >= 0.6 is 11.3 Å². The number of carbonyl (C=O) groups excluding carboxylic acids is 1. The number of rotatable bonds is 7. The number of carbonyl (C=O) groups is 1. The minimum absolute atomic E-state index is 0.00165. The molecule has 3 aromatic rings. The highest BCUT2D eigenvalue weighted by molar-refractivity contribution is 7.16. The van der Waals surface area contributed by atoms with E-state index in [1.165, 1.54) is 41.2 Å². The number of nitrogens with one attached hydrogen (secondary N) is 1. The maximum Gasteiger partial charge on any atom is 0.324 e. The Morgan fingerprint density at radius 3 is 2.54 bits per heavy atom. The van der Waals surface area contributed by atoms with Crippen molar-refractivity contribution in [3.8, 4) is 0 Å². The Morgan fingerprint density at radius 1 is 1.14 bits per heavy atom. The number of thiophene rings is 1. The highest BCUT2D eigenvalue weighted by atomic mass is 32.1. The SMILES string of the molecule is O=C(N/N=C\c1ccc([N+](=O)[O-])s1)c1ccn(Cc2ccc([N+](=O)[O-])cc2)n1. The van der Waals surface area contributed by atoms with E-state index in [0.717, 1.165) is 16.9 Å². The molecule has 28 heavy (non-hydrogen) atoms. The van der Waals surface area contributed by atoms with E-state index >= 15 is 0 Å². The van der Waals surface area contributed by atoms with Gasteiger partial charge in [-0.2, -0.15) is 10.2 Å². The lowest BCUT2D eigenvalue weighted by Crippen LogP contribution is -2.18. The number of hydrogen-bond acceptors (Lipinski definition) is 8. The molecule has 0 atom stereocenters. The molecule has 0 radical (unpaired) electrons. The molecule has 0 saturated carbocycles. The van der Waals surface area contributed by atoms with Crippen LogP contribution in [0, 0.1) is 20.2 Å².